The Morgan fingerprint density at radius 2 is 1.89 bits per heavy atom. The SMILES string of the molecule is CC[C@@H]1C[C@@]2(CC)OC(=O)C[C@]3(CC)C2C1[C@H]3CC. The summed E-state index contributed by atoms with van der Waals surface area (Å²) in [6, 6.07) is 0. The van der Waals surface area contributed by atoms with Crippen LogP contribution >= 0.6 is 0 Å². The zero-order valence-corrected chi connectivity index (χ0v) is 12.9. The Morgan fingerprint density at radius 1 is 1.16 bits per heavy atom. The maximum Gasteiger partial charge on any atom is 0.306 e. The Hall–Kier alpha value is -0.530. The minimum absolute atomic E-state index is 0.0774. The van der Waals surface area contributed by atoms with Crippen LogP contribution < -0.4 is 0 Å². The Balaban J connectivity index is 2.05. The zero-order chi connectivity index (χ0) is 13.8. The number of carbonyl (C=O) groups excluding carboxylic acids is 1. The molecule has 3 rings (SSSR count). The van der Waals surface area contributed by atoms with Crippen molar-refractivity contribution in [3.63, 3.8) is 0 Å². The molecular weight excluding hydrogens is 236 g/mol. The number of rotatable bonds is 4. The van der Waals surface area contributed by atoms with Crippen molar-refractivity contribution < 1.29 is 9.53 Å². The van der Waals surface area contributed by atoms with Gasteiger partial charge in [-0.25, -0.2) is 0 Å². The molecule has 19 heavy (non-hydrogen) atoms. The summed E-state index contributed by atoms with van der Waals surface area (Å²) in [6.45, 7) is 9.13. The highest BCUT2D eigenvalue weighted by molar-refractivity contribution is 5.73. The predicted octanol–water partition coefficient (Wildman–Crippen LogP) is 4.18. The maximum atomic E-state index is 12.2. The fraction of sp³-hybridized carbons (Fsp3) is 0.941. The smallest absolute Gasteiger partial charge is 0.306 e. The first kappa shape index (κ1) is 13.5. The Labute approximate surface area is 117 Å². The van der Waals surface area contributed by atoms with Crippen LogP contribution in [0.1, 0.15) is 66.2 Å². The molecular formula is C17H28O2. The molecule has 0 aromatic heterocycles. The predicted molar refractivity (Wildman–Crippen MR) is 75.6 cm³/mol. The maximum absolute atomic E-state index is 12.2. The second-order valence-electron chi connectivity index (χ2n) is 7.10. The van der Waals surface area contributed by atoms with Crippen molar-refractivity contribution in [2.24, 2.45) is 29.1 Å². The second kappa shape index (κ2) is 4.23. The van der Waals surface area contributed by atoms with Gasteiger partial charge in [0, 0.05) is 5.92 Å². The van der Waals surface area contributed by atoms with Crippen molar-refractivity contribution in [1.29, 1.82) is 0 Å². The summed E-state index contributed by atoms with van der Waals surface area (Å²) in [7, 11) is 0. The quantitative estimate of drug-likeness (QED) is 0.712. The van der Waals surface area contributed by atoms with E-state index in [2.05, 4.69) is 27.7 Å². The molecule has 2 aliphatic carbocycles. The van der Waals surface area contributed by atoms with Crippen LogP contribution in [0.4, 0.5) is 0 Å². The Bertz CT molecular complexity index is 391. The van der Waals surface area contributed by atoms with E-state index in [0.29, 0.717) is 12.3 Å². The average Bonchev–Trinajstić information content (AvgIpc) is 2.71. The van der Waals surface area contributed by atoms with Crippen LogP contribution in [0, 0.1) is 29.1 Å². The van der Waals surface area contributed by atoms with E-state index in [1.165, 1.54) is 12.8 Å². The van der Waals surface area contributed by atoms with Gasteiger partial charge in [0.1, 0.15) is 5.60 Å². The number of hydrogen-bond donors (Lipinski definition) is 0. The lowest BCUT2D eigenvalue weighted by molar-refractivity contribution is -0.246. The van der Waals surface area contributed by atoms with Crippen LogP contribution in [-0.2, 0) is 9.53 Å². The van der Waals surface area contributed by atoms with Gasteiger partial charge in [-0.05, 0) is 42.4 Å². The lowest BCUT2D eigenvalue weighted by atomic mass is 9.41. The molecule has 0 aromatic rings. The molecule has 0 bridgehead atoms. The topological polar surface area (TPSA) is 26.3 Å². The third kappa shape index (κ3) is 1.41. The van der Waals surface area contributed by atoms with Gasteiger partial charge in [-0.1, -0.05) is 40.5 Å². The van der Waals surface area contributed by atoms with Gasteiger partial charge >= 0.3 is 5.97 Å². The number of ether oxygens (including phenoxy) is 1. The van der Waals surface area contributed by atoms with E-state index in [4.69, 9.17) is 4.74 Å². The van der Waals surface area contributed by atoms with Gasteiger partial charge in [-0.15, -0.1) is 0 Å². The Morgan fingerprint density at radius 3 is 2.42 bits per heavy atom. The van der Waals surface area contributed by atoms with Crippen molar-refractivity contribution >= 4 is 5.97 Å². The largest absolute Gasteiger partial charge is 0.459 e. The van der Waals surface area contributed by atoms with Crippen LogP contribution in [0.25, 0.3) is 0 Å². The summed E-state index contributed by atoms with van der Waals surface area (Å²) in [6.07, 6.45) is 6.45. The number of carbonyl (C=O) groups is 1. The molecule has 1 aliphatic heterocycles. The third-order valence-corrected chi connectivity index (χ3v) is 6.94. The molecule has 3 aliphatic rings. The molecule has 0 spiro atoms. The highest BCUT2D eigenvalue weighted by atomic mass is 16.6. The lowest BCUT2D eigenvalue weighted by Crippen LogP contribution is -2.66. The molecule has 0 N–H and O–H groups in total. The minimum Gasteiger partial charge on any atom is -0.459 e. The first-order valence-electron chi connectivity index (χ1n) is 8.30. The van der Waals surface area contributed by atoms with Crippen molar-refractivity contribution in [2.45, 2.75) is 71.8 Å². The number of esters is 1. The van der Waals surface area contributed by atoms with E-state index in [-0.39, 0.29) is 17.0 Å². The molecule has 1 saturated heterocycles. The van der Waals surface area contributed by atoms with E-state index in [9.17, 15) is 4.79 Å². The van der Waals surface area contributed by atoms with Crippen molar-refractivity contribution in [1.82, 2.24) is 0 Å². The summed E-state index contributed by atoms with van der Waals surface area (Å²) in [5.74, 6) is 3.09. The Kier molecular flexibility index (Phi) is 3.00. The summed E-state index contributed by atoms with van der Waals surface area (Å²) < 4.78 is 5.96. The standard InChI is InChI=1S/C17H28O2/c1-5-11-9-17(8-4)15-14(11)12(6-2)16(15,7-3)10-13(18)19-17/h11-12,14-15H,5-10H2,1-4H3/t11-,12-,14?,15?,16+,17-/m1/s1. The molecule has 6 atom stereocenters. The van der Waals surface area contributed by atoms with E-state index in [0.717, 1.165) is 37.0 Å². The normalized spacial score (nSPS) is 51.5. The first-order chi connectivity index (χ1) is 9.08. The molecule has 2 unspecified atom stereocenters. The highest BCUT2D eigenvalue weighted by Crippen LogP contribution is 2.75. The summed E-state index contributed by atoms with van der Waals surface area (Å²) in [4.78, 5) is 12.2. The van der Waals surface area contributed by atoms with E-state index >= 15 is 0 Å². The minimum atomic E-state index is -0.109. The van der Waals surface area contributed by atoms with Crippen LogP contribution in [0.5, 0.6) is 0 Å². The van der Waals surface area contributed by atoms with Crippen molar-refractivity contribution in [2.75, 3.05) is 0 Å². The van der Waals surface area contributed by atoms with Crippen LogP contribution in [0.15, 0.2) is 0 Å². The average molecular weight is 264 g/mol. The molecule has 1 heterocycles. The van der Waals surface area contributed by atoms with Gasteiger partial charge in [0.2, 0.25) is 0 Å². The van der Waals surface area contributed by atoms with E-state index in [1.54, 1.807) is 0 Å². The summed E-state index contributed by atoms with van der Waals surface area (Å²) in [5.41, 5.74) is 0.164. The van der Waals surface area contributed by atoms with Crippen molar-refractivity contribution in [3.8, 4) is 0 Å². The van der Waals surface area contributed by atoms with Gasteiger partial charge in [0.25, 0.3) is 0 Å². The molecule has 2 heteroatoms. The molecule has 2 saturated carbocycles. The third-order valence-electron chi connectivity index (χ3n) is 6.94. The molecule has 3 fully saturated rings. The zero-order valence-electron chi connectivity index (χ0n) is 12.9. The second-order valence-corrected chi connectivity index (χ2v) is 7.10. The van der Waals surface area contributed by atoms with Gasteiger partial charge in [-0.3, -0.25) is 4.79 Å². The molecule has 0 amide bonds. The first-order valence-corrected chi connectivity index (χ1v) is 8.30. The van der Waals surface area contributed by atoms with Crippen LogP contribution in [0.3, 0.4) is 0 Å². The summed E-state index contributed by atoms with van der Waals surface area (Å²) in [5, 5.41) is 0. The molecule has 2 nitrogen and oxygen atoms in total. The molecule has 0 aromatic carbocycles. The fourth-order valence-corrected chi connectivity index (χ4v) is 6.31. The summed E-state index contributed by atoms with van der Waals surface area (Å²) >= 11 is 0. The van der Waals surface area contributed by atoms with Crippen molar-refractivity contribution in [3.05, 3.63) is 0 Å². The van der Waals surface area contributed by atoms with Gasteiger partial charge in [0.15, 0.2) is 0 Å². The van der Waals surface area contributed by atoms with Crippen LogP contribution in [0.2, 0.25) is 0 Å². The fourth-order valence-electron chi connectivity index (χ4n) is 6.31. The monoisotopic (exact) mass is 264 g/mol. The van der Waals surface area contributed by atoms with E-state index in [1.807, 2.05) is 0 Å². The van der Waals surface area contributed by atoms with Gasteiger partial charge < -0.3 is 4.74 Å². The van der Waals surface area contributed by atoms with Crippen LogP contribution in [-0.4, -0.2) is 11.6 Å². The van der Waals surface area contributed by atoms with Gasteiger partial charge in [0.05, 0.1) is 6.42 Å². The van der Waals surface area contributed by atoms with Gasteiger partial charge in [-0.2, -0.15) is 0 Å². The molecule has 0 radical (unpaired) electrons. The highest BCUT2D eigenvalue weighted by Gasteiger charge is 2.75. The lowest BCUT2D eigenvalue weighted by Gasteiger charge is -2.66. The molecule has 108 valence electrons. The van der Waals surface area contributed by atoms with E-state index < -0.39 is 0 Å². The number of hydrogen-bond acceptors (Lipinski definition) is 2.